The number of hydrogen-bond donors (Lipinski definition) is 1. The van der Waals surface area contributed by atoms with Gasteiger partial charge in [-0.3, -0.25) is 10.3 Å². The fourth-order valence-electron chi connectivity index (χ4n) is 1.73. The van der Waals surface area contributed by atoms with E-state index in [2.05, 4.69) is 41.3 Å². The molecule has 0 aliphatic carbocycles. The Kier molecular flexibility index (Phi) is 4.05. The first-order chi connectivity index (χ1) is 8.40. The van der Waals surface area contributed by atoms with Crippen molar-refractivity contribution >= 4 is 6.72 Å². The standard InChI is InChI=1S/C15H16N2/c1-16-15(14-10-6-3-7-11-14)17-12-13-8-4-2-5-9-13/h2-11,15,17H,1,12H2. The van der Waals surface area contributed by atoms with Gasteiger partial charge in [-0.2, -0.15) is 0 Å². The number of hydrogen-bond acceptors (Lipinski definition) is 2. The third-order valence-electron chi connectivity index (χ3n) is 2.64. The molecule has 17 heavy (non-hydrogen) atoms. The molecule has 0 aliphatic rings. The van der Waals surface area contributed by atoms with Gasteiger partial charge in [-0.15, -0.1) is 0 Å². The van der Waals surface area contributed by atoms with Gasteiger partial charge in [0.1, 0.15) is 6.17 Å². The molecule has 0 bridgehead atoms. The Morgan fingerprint density at radius 1 is 0.941 bits per heavy atom. The normalized spacial score (nSPS) is 12.0. The fourth-order valence-corrected chi connectivity index (χ4v) is 1.73. The van der Waals surface area contributed by atoms with Crippen molar-refractivity contribution in [1.29, 1.82) is 0 Å². The van der Waals surface area contributed by atoms with E-state index < -0.39 is 0 Å². The number of rotatable bonds is 5. The molecule has 0 saturated carbocycles. The third-order valence-corrected chi connectivity index (χ3v) is 2.64. The highest BCUT2D eigenvalue weighted by molar-refractivity contribution is 5.28. The number of nitrogens with one attached hydrogen (secondary N) is 1. The molecule has 86 valence electrons. The second-order valence-electron chi connectivity index (χ2n) is 3.86. The average Bonchev–Trinajstić information content (AvgIpc) is 2.42. The van der Waals surface area contributed by atoms with Crippen molar-refractivity contribution < 1.29 is 0 Å². The Bertz CT molecular complexity index is 451. The summed E-state index contributed by atoms with van der Waals surface area (Å²) in [5.41, 5.74) is 2.38. The second-order valence-corrected chi connectivity index (χ2v) is 3.86. The van der Waals surface area contributed by atoms with Gasteiger partial charge in [0.2, 0.25) is 0 Å². The molecule has 2 aromatic rings. The smallest absolute Gasteiger partial charge is 0.125 e. The van der Waals surface area contributed by atoms with Crippen LogP contribution < -0.4 is 5.32 Å². The van der Waals surface area contributed by atoms with Crippen LogP contribution in [0.25, 0.3) is 0 Å². The monoisotopic (exact) mass is 224 g/mol. The highest BCUT2D eigenvalue weighted by Gasteiger charge is 2.06. The lowest BCUT2D eigenvalue weighted by Crippen LogP contribution is -2.18. The van der Waals surface area contributed by atoms with Gasteiger partial charge in [-0.05, 0) is 17.8 Å². The predicted octanol–water partition coefficient (Wildman–Crippen LogP) is 3.18. The van der Waals surface area contributed by atoms with Crippen LogP contribution in [0.4, 0.5) is 0 Å². The summed E-state index contributed by atoms with van der Waals surface area (Å²) in [6, 6.07) is 20.4. The average molecular weight is 224 g/mol. The molecule has 1 N–H and O–H groups in total. The lowest BCUT2D eigenvalue weighted by atomic mass is 10.1. The van der Waals surface area contributed by atoms with Gasteiger partial charge >= 0.3 is 0 Å². The van der Waals surface area contributed by atoms with Crippen molar-refractivity contribution in [2.45, 2.75) is 12.7 Å². The summed E-state index contributed by atoms with van der Waals surface area (Å²) >= 11 is 0. The molecule has 0 saturated heterocycles. The molecule has 1 unspecified atom stereocenters. The van der Waals surface area contributed by atoms with Crippen LogP contribution in [-0.4, -0.2) is 6.72 Å². The summed E-state index contributed by atoms with van der Waals surface area (Å²) in [6.07, 6.45) is -0.0450. The zero-order valence-electron chi connectivity index (χ0n) is 9.71. The van der Waals surface area contributed by atoms with Gasteiger partial charge in [0.15, 0.2) is 0 Å². The molecule has 0 radical (unpaired) electrons. The molecule has 0 aliphatic heterocycles. The molecule has 2 nitrogen and oxygen atoms in total. The number of aliphatic imine (C=N–C) groups is 1. The van der Waals surface area contributed by atoms with Gasteiger partial charge in [0.25, 0.3) is 0 Å². The Labute approximate surface area is 102 Å². The van der Waals surface area contributed by atoms with Gasteiger partial charge in [0.05, 0.1) is 0 Å². The topological polar surface area (TPSA) is 24.4 Å². The molecule has 2 heteroatoms. The van der Waals surface area contributed by atoms with Crippen molar-refractivity contribution in [3.8, 4) is 0 Å². The van der Waals surface area contributed by atoms with E-state index in [1.54, 1.807) is 0 Å². The Hall–Kier alpha value is -1.93. The van der Waals surface area contributed by atoms with Gasteiger partial charge in [-0.1, -0.05) is 60.7 Å². The summed E-state index contributed by atoms with van der Waals surface area (Å²) in [5.74, 6) is 0. The molecule has 0 heterocycles. The molecular weight excluding hydrogens is 208 g/mol. The summed E-state index contributed by atoms with van der Waals surface area (Å²) in [6.45, 7) is 4.43. The SMILES string of the molecule is C=NC(NCc1ccccc1)c1ccccc1. The van der Waals surface area contributed by atoms with Gasteiger partial charge in [-0.25, -0.2) is 0 Å². The Morgan fingerprint density at radius 2 is 1.53 bits per heavy atom. The van der Waals surface area contributed by atoms with Crippen LogP contribution in [0.3, 0.4) is 0 Å². The zero-order valence-corrected chi connectivity index (χ0v) is 9.71. The van der Waals surface area contributed by atoms with Crippen LogP contribution in [0, 0.1) is 0 Å². The zero-order chi connectivity index (χ0) is 11.9. The van der Waals surface area contributed by atoms with E-state index in [0.717, 1.165) is 12.1 Å². The van der Waals surface area contributed by atoms with Crippen LogP contribution in [0.15, 0.2) is 65.7 Å². The van der Waals surface area contributed by atoms with E-state index in [0.29, 0.717) is 0 Å². The lowest BCUT2D eigenvalue weighted by Gasteiger charge is -2.14. The molecule has 2 aromatic carbocycles. The molecular formula is C15H16N2. The van der Waals surface area contributed by atoms with Crippen molar-refractivity contribution in [1.82, 2.24) is 5.32 Å². The molecule has 2 rings (SSSR count). The minimum absolute atomic E-state index is 0.0450. The third kappa shape index (κ3) is 3.26. The van der Waals surface area contributed by atoms with E-state index in [9.17, 15) is 0 Å². The fraction of sp³-hybridized carbons (Fsp3) is 0.133. The largest absolute Gasteiger partial charge is 0.288 e. The highest BCUT2D eigenvalue weighted by atomic mass is 15.1. The van der Waals surface area contributed by atoms with Crippen LogP contribution in [0.1, 0.15) is 17.3 Å². The maximum Gasteiger partial charge on any atom is 0.125 e. The molecule has 0 spiro atoms. The van der Waals surface area contributed by atoms with E-state index in [1.165, 1.54) is 5.56 Å². The van der Waals surface area contributed by atoms with E-state index in [1.807, 2.05) is 36.4 Å². The van der Waals surface area contributed by atoms with Crippen LogP contribution in [0.5, 0.6) is 0 Å². The summed E-state index contributed by atoms with van der Waals surface area (Å²) in [5, 5.41) is 3.37. The highest BCUT2D eigenvalue weighted by Crippen LogP contribution is 2.13. The predicted molar refractivity (Wildman–Crippen MR) is 72.0 cm³/mol. The van der Waals surface area contributed by atoms with Crippen molar-refractivity contribution in [3.05, 3.63) is 71.8 Å². The van der Waals surface area contributed by atoms with E-state index in [-0.39, 0.29) is 6.17 Å². The van der Waals surface area contributed by atoms with E-state index >= 15 is 0 Å². The molecule has 0 amide bonds. The van der Waals surface area contributed by atoms with Gasteiger partial charge in [0, 0.05) is 6.54 Å². The van der Waals surface area contributed by atoms with Crippen molar-refractivity contribution in [2.75, 3.05) is 0 Å². The summed E-state index contributed by atoms with van der Waals surface area (Å²) in [4.78, 5) is 4.11. The summed E-state index contributed by atoms with van der Waals surface area (Å²) in [7, 11) is 0. The Balaban J connectivity index is 2.00. The first-order valence-electron chi connectivity index (χ1n) is 5.68. The van der Waals surface area contributed by atoms with Crippen LogP contribution in [-0.2, 0) is 6.54 Å². The minimum atomic E-state index is -0.0450. The maximum atomic E-state index is 4.11. The quantitative estimate of drug-likeness (QED) is 0.775. The van der Waals surface area contributed by atoms with Gasteiger partial charge < -0.3 is 0 Å². The van der Waals surface area contributed by atoms with E-state index in [4.69, 9.17) is 0 Å². The second kappa shape index (κ2) is 5.97. The first-order valence-corrected chi connectivity index (χ1v) is 5.68. The summed E-state index contributed by atoms with van der Waals surface area (Å²) < 4.78 is 0. The van der Waals surface area contributed by atoms with Crippen LogP contribution in [0.2, 0.25) is 0 Å². The molecule has 0 aromatic heterocycles. The number of nitrogens with zero attached hydrogens (tertiary/aromatic N) is 1. The van der Waals surface area contributed by atoms with Crippen LogP contribution >= 0.6 is 0 Å². The Morgan fingerprint density at radius 3 is 2.12 bits per heavy atom. The van der Waals surface area contributed by atoms with Crippen molar-refractivity contribution in [2.24, 2.45) is 4.99 Å². The first kappa shape index (κ1) is 11.6. The maximum absolute atomic E-state index is 4.11. The lowest BCUT2D eigenvalue weighted by molar-refractivity contribution is 0.557. The number of benzene rings is 2. The molecule has 1 atom stereocenters. The minimum Gasteiger partial charge on any atom is -0.288 e. The molecule has 0 fully saturated rings. The van der Waals surface area contributed by atoms with Crippen molar-refractivity contribution in [3.63, 3.8) is 0 Å².